The summed E-state index contributed by atoms with van der Waals surface area (Å²) in [4.78, 5) is 27.2. The van der Waals surface area contributed by atoms with Crippen molar-refractivity contribution in [2.24, 2.45) is 0 Å². The molecule has 0 N–H and O–H groups in total. The third kappa shape index (κ3) is 4.71. The highest BCUT2D eigenvalue weighted by Crippen LogP contribution is 2.27. The molecule has 0 spiro atoms. The number of carbonyl (C=O) groups excluding carboxylic acids is 1. The lowest BCUT2D eigenvalue weighted by atomic mass is 10.1. The molecule has 0 saturated carbocycles. The van der Waals surface area contributed by atoms with E-state index >= 15 is 0 Å². The van der Waals surface area contributed by atoms with Crippen molar-refractivity contribution in [1.82, 2.24) is 4.98 Å². The molecular formula is C20H16N2O4S. The third-order valence-electron chi connectivity index (χ3n) is 3.86. The fraction of sp³-hybridized carbons (Fsp3) is 0.100. The Labute approximate surface area is 160 Å². The number of non-ortho nitro benzene ring substituents is 1. The fourth-order valence-electron chi connectivity index (χ4n) is 2.40. The molecule has 27 heavy (non-hydrogen) atoms. The molecule has 6 nitrogen and oxygen atoms in total. The van der Waals surface area contributed by atoms with Crippen LogP contribution in [0, 0.1) is 17.0 Å². The quantitative estimate of drug-likeness (QED) is 0.201. The van der Waals surface area contributed by atoms with Crippen molar-refractivity contribution in [2.75, 3.05) is 0 Å². The van der Waals surface area contributed by atoms with Gasteiger partial charge in [-0.1, -0.05) is 30.3 Å². The molecule has 0 aliphatic rings. The van der Waals surface area contributed by atoms with Crippen LogP contribution in [0.3, 0.4) is 0 Å². The Morgan fingerprint density at radius 3 is 2.74 bits per heavy atom. The number of pyridine rings is 1. The molecule has 1 aromatic heterocycles. The van der Waals surface area contributed by atoms with Gasteiger partial charge in [-0.3, -0.25) is 10.1 Å². The predicted octanol–water partition coefficient (Wildman–Crippen LogP) is 4.81. The first-order chi connectivity index (χ1) is 13.0. The number of nitro benzene ring substituents is 1. The molecule has 0 aliphatic carbocycles. The minimum atomic E-state index is -0.601. The monoisotopic (exact) mass is 380 g/mol. The van der Waals surface area contributed by atoms with Gasteiger partial charge in [0.25, 0.3) is 5.69 Å². The third-order valence-corrected chi connectivity index (χ3v) is 4.91. The molecule has 0 unspecified atom stereocenters. The molecule has 1 heterocycles. The summed E-state index contributed by atoms with van der Waals surface area (Å²) in [7, 11) is 0. The number of esters is 1. The lowest BCUT2D eigenvalue weighted by Crippen LogP contribution is -2.10. The summed E-state index contributed by atoms with van der Waals surface area (Å²) in [5, 5.41) is 11.4. The smallest absolute Gasteiger partial charge is 0.346 e. The van der Waals surface area contributed by atoms with E-state index in [-0.39, 0.29) is 11.4 Å². The number of carbonyl (C=O) groups is 1. The maximum absolute atomic E-state index is 12.5. The molecule has 0 fully saturated rings. The van der Waals surface area contributed by atoms with Gasteiger partial charge in [-0.2, -0.15) is 0 Å². The Morgan fingerprint density at radius 1 is 1.15 bits per heavy atom. The lowest BCUT2D eigenvalue weighted by molar-refractivity contribution is -0.384. The Hall–Kier alpha value is -3.19. The summed E-state index contributed by atoms with van der Waals surface area (Å²) < 4.78 is 5.31. The maximum atomic E-state index is 12.5. The number of rotatable bonds is 6. The summed E-state index contributed by atoms with van der Waals surface area (Å²) >= 11 is 1.44. The van der Waals surface area contributed by atoms with Gasteiger partial charge in [0, 0.05) is 18.0 Å². The molecule has 2 aromatic carbocycles. The van der Waals surface area contributed by atoms with Gasteiger partial charge in [0.05, 0.1) is 16.6 Å². The number of nitrogens with zero attached hydrogens (tertiary/aromatic N) is 2. The minimum absolute atomic E-state index is 0.118. The molecule has 136 valence electrons. The van der Waals surface area contributed by atoms with Gasteiger partial charge in [-0.25, -0.2) is 9.78 Å². The molecule has 7 heteroatoms. The van der Waals surface area contributed by atoms with E-state index < -0.39 is 10.9 Å². The first-order valence-electron chi connectivity index (χ1n) is 8.13. The van der Waals surface area contributed by atoms with Crippen LogP contribution >= 0.6 is 11.8 Å². The van der Waals surface area contributed by atoms with Crippen LogP contribution in [0.4, 0.5) is 5.69 Å². The molecule has 0 amide bonds. The van der Waals surface area contributed by atoms with E-state index in [1.165, 1.54) is 41.6 Å². The first kappa shape index (κ1) is 18.6. The molecular weight excluding hydrogens is 364 g/mol. The number of hydrogen-bond acceptors (Lipinski definition) is 6. The van der Waals surface area contributed by atoms with Gasteiger partial charge in [-0.05, 0) is 36.2 Å². The highest BCUT2D eigenvalue weighted by molar-refractivity contribution is 7.98. The van der Waals surface area contributed by atoms with Crippen molar-refractivity contribution in [3.8, 4) is 5.75 Å². The van der Waals surface area contributed by atoms with E-state index in [9.17, 15) is 14.9 Å². The molecule has 3 rings (SSSR count). The highest BCUT2D eigenvalue weighted by atomic mass is 32.2. The van der Waals surface area contributed by atoms with Crippen molar-refractivity contribution in [3.05, 3.63) is 93.7 Å². The van der Waals surface area contributed by atoms with Crippen LogP contribution in [0.1, 0.15) is 21.5 Å². The summed E-state index contributed by atoms with van der Waals surface area (Å²) in [5.74, 6) is 0.185. The van der Waals surface area contributed by atoms with Crippen LogP contribution in [0.15, 0.2) is 71.9 Å². The first-order valence-corrected chi connectivity index (χ1v) is 9.12. The van der Waals surface area contributed by atoms with Crippen molar-refractivity contribution in [1.29, 1.82) is 0 Å². The Balaban J connectivity index is 1.77. The molecule has 0 bridgehead atoms. The van der Waals surface area contributed by atoms with Crippen LogP contribution in [-0.2, 0) is 5.75 Å². The second-order valence-corrected chi connectivity index (χ2v) is 6.68. The van der Waals surface area contributed by atoms with Gasteiger partial charge in [0.2, 0.25) is 0 Å². The zero-order valence-corrected chi connectivity index (χ0v) is 15.3. The highest BCUT2D eigenvalue weighted by Gasteiger charge is 2.17. The van der Waals surface area contributed by atoms with Crippen molar-refractivity contribution >= 4 is 23.4 Å². The summed E-state index contributed by atoms with van der Waals surface area (Å²) in [5.41, 5.74) is 2.51. The number of ether oxygens (including phenoxy) is 1. The van der Waals surface area contributed by atoms with Crippen LogP contribution in [0.5, 0.6) is 5.75 Å². The fourth-order valence-corrected chi connectivity index (χ4v) is 3.46. The average molecular weight is 380 g/mol. The van der Waals surface area contributed by atoms with E-state index in [1.54, 1.807) is 18.3 Å². The molecule has 0 atom stereocenters. The summed E-state index contributed by atoms with van der Waals surface area (Å²) in [6.07, 6.45) is 1.62. The normalized spacial score (nSPS) is 10.4. The number of thioether (sulfide) groups is 1. The Bertz CT molecular complexity index is 991. The summed E-state index contributed by atoms with van der Waals surface area (Å²) in [6, 6.07) is 16.8. The van der Waals surface area contributed by atoms with Crippen molar-refractivity contribution in [3.63, 3.8) is 0 Å². The standard InChI is InChI=1S/C20H16N2O4S/c1-14-6-2-3-7-15(14)13-27-19-18(10-5-11-21-19)20(23)26-17-9-4-8-16(12-17)22(24)25/h2-12H,13H2,1H3. The van der Waals surface area contributed by atoms with Gasteiger partial charge < -0.3 is 4.74 Å². The topological polar surface area (TPSA) is 82.3 Å². The van der Waals surface area contributed by atoms with Gasteiger partial charge in [0.1, 0.15) is 10.8 Å². The molecule has 3 aromatic rings. The lowest BCUT2D eigenvalue weighted by Gasteiger charge is -2.09. The van der Waals surface area contributed by atoms with E-state index in [1.807, 2.05) is 31.2 Å². The largest absolute Gasteiger partial charge is 0.423 e. The molecule has 0 saturated heterocycles. The molecule has 0 aliphatic heterocycles. The van der Waals surface area contributed by atoms with E-state index in [0.717, 1.165) is 5.56 Å². The number of aromatic nitrogens is 1. The van der Waals surface area contributed by atoms with E-state index in [2.05, 4.69) is 4.98 Å². The minimum Gasteiger partial charge on any atom is -0.423 e. The molecule has 0 radical (unpaired) electrons. The maximum Gasteiger partial charge on any atom is 0.346 e. The van der Waals surface area contributed by atoms with Crippen LogP contribution in [0.25, 0.3) is 0 Å². The van der Waals surface area contributed by atoms with Crippen molar-refractivity contribution < 1.29 is 14.5 Å². The Kier molecular flexibility index (Phi) is 5.83. The van der Waals surface area contributed by atoms with E-state index in [4.69, 9.17) is 4.74 Å². The predicted molar refractivity (Wildman–Crippen MR) is 103 cm³/mol. The second kappa shape index (κ2) is 8.46. The SMILES string of the molecule is Cc1ccccc1CSc1ncccc1C(=O)Oc1cccc([N+](=O)[O-])c1. The summed E-state index contributed by atoms with van der Waals surface area (Å²) in [6.45, 7) is 2.03. The Morgan fingerprint density at radius 2 is 1.96 bits per heavy atom. The number of aryl methyl sites for hydroxylation is 1. The van der Waals surface area contributed by atoms with Gasteiger partial charge in [0.15, 0.2) is 0 Å². The zero-order valence-electron chi connectivity index (χ0n) is 14.5. The number of nitro groups is 1. The van der Waals surface area contributed by atoms with E-state index in [0.29, 0.717) is 16.3 Å². The van der Waals surface area contributed by atoms with Crippen LogP contribution < -0.4 is 4.74 Å². The van der Waals surface area contributed by atoms with Crippen LogP contribution in [-0.4, -0.2) is 15.9 Å². The van der Waals surface area contributed by atoms with Gasteiger partial charge in [-0.15, -0.1) is 11.8 Å². The number of benzene rings is 2. The van der Waals surface area contributed by atoms with Crippen molar-refractivity contribution in [2.45, 2.75) is 17.7 Å². The van der Waals surface area contributed by atoms with Crippen LogP contribution in [0.2, 0.25) is 0 Å². The van der Waals surface area contributed by atoms with Gasteiger partial charge >= 0.3 is 5.97 Å². The zero-order chi connectivity index (χ0) is 19.2. The second-order valence-electron chi connectivity index (χ2n) is 5.72. The number of hydrogen-bond donors (Lipinski definition) is 0. The average Bonchev–Trinajstić information content (AvgIpc) is 2.68.